The highest BCUT2D eigenvalue weighted by atomic mass is 16.4. The molecule has 0 amide bonds. The number of aryl methyl sites for hydroxylation is 3. The standard InChI is InChI=1S/C10H13N5O2/c1-6-8(10(16)17)9(15(3)13-6)12-7-4-11-14(2)5-7/h4-5,12H,1-3H3,(H,16,17). The molecule has 0 bridgehead atoms. The molecule has 7 nitrogen and oxygen atoms in total. The summed E-state index contributed by atoms with van der Waals surface area (Å²) >= 11 is 0. The molecule has 7 heteroatoms. The lowest BCUT2D eigenvalue weighted by atomic mass is 10.2. The molecule has 17 heavy (non-hydrogen) atoms. The van der Waals surface area contributed by atoms with Crippen molar-refractivity contribution in [2.24, 2.45) is 14.1 Å². The van der Waals surface area contributed by atoms with Crippen molar-refractivity contribution in [3.8, 4) is 0 Å². The Morgan fingerprint density at radius 2 is 2.18 bits per heavy atom. The fraction of sp³-hybridized carbons (Fsp3) is 0.300. The van der Waals surface area contributed by atoms with Crippen LogP contribution in [0.2, 0.25) is 0 Å². The average Bonchev–Trinajstić information content (AvgIpc) is 2.72. The van der Waals surface area contributed by atoms with Crippen molar-refractivity contribution >= 4 is 17.5 Å². The molecule has 0 atom stereocenters. The highest BCUT2D eigenvalue weighted by molar-refractivity contribution is 5.95. The lowest BCUT2D eigenvalue weighted by Crippen LogP contribution is -2.04. The van der Waals surface area contributed by atoms with E-state index in [-0.39, 0.29) is 5.56 Å². The van der Waals surface area contributed by atoms with Gasteiger partial charge in [0.25, 0.3) is 0 Å². The zero-order valence-corrected chi connectivity index (χ0v) is 9.80. The summed E-state index contributed by atoms with van der Waals surface area (Å²) in [5.41, 5.74) is 1.38. The number of aromatic carboxylic acids is 1. The molecule has 2 rings (SSSR count). The van der Waals surface area contributed by atoms with Crippen LogP contribution < -0.4 is 5.32 Å². The second-order valence-electron chi connectivity index (χ2n) is 3.77. The predicted molar refractivity (Wildman–Crippen MR) is 61.4 cm³/mol. The van der Waals surface area contributed by atoms with Crippen LogP contribution in [0.1, 0.15) is 16.1 Å². The highest BCUT2D eigenvalue weighted by Gasteiger charge is 2.19. The van der Waals surface area contributed by atoms with Crippen LogP contribution in [-0.2, 0) is 14.1 Å². The number of nitrogens with zero attached hydrogens (tertiary/aromatic N) is 4. The van der Waals surface area contributed by atoms with E-state index in [0.717, 1.165) is 5.69 Å². The van der Waals surface area contributed by atoms with Crippen LogP contribution in [0.3, 0.4) is 0 Å². The molecule has 0 spiro atoms. The van der Waals surface area contributed by atoms with Crippen LogP contribution in [0, 0.1) is 6.92 Å². The summed E-state index contributed by atoms with van der Waals surface area (Å²) in [4.78, 5) is 11.1. The summed E-state index contributed by atoms with van der Waals surface area (Å²) < 4.78 is 3.14. The highest BCUT2D eigenvalue weighted by Crippen LogP contribution is 2.22. The number of carboxylic acid groups (broad SMARTS) is 1. The third-order valence-corrected chi connectivity index (χ3v) is 2.40. The Bertz CT molecular complexity index is 569. The van der Waals surface area contributed by atoms with Crippen molar-refractivity contribution in [2.75, 3.05) is 5.32 Å². The Balaban J connectivity index is 2.41. The number of carboxylic acids is 1. The molecule has 2 aromatic rings. The van der Waals surface area contributed by atoms with Gasteiger partial charge < -0.3 is 10.4 Å². The topological polar surface area (TPSA) is 85.0 Å². The number of rotatable bonds is 3. The summed E-state index contributed by atoms with van der Waals surface area (Å²) in [7, 11) is 3.48. The third-order valence-electron chi connectivity index (χ3n) is 2.40. The molecule has 0 aliphatic rings. The Labute approximate surface area is 97.7 Å². The van der Waals surface area contributed by atoms with E-state index in [4.69, 9.17) is 5.11 Å². The summed E-state index contributed by atoms with van der Waals surface area (Å²) in [6, 6.07) is 0. The molecule has 2 aromatic heterocycles. The molecule has 2 heterocycles. The second-order valence-corrected chi connectivity index (χ2v) is 3.77. The van der Waals surface area contributed by atoms with Gasteiger partial charge in [0.1, 0.15) is 11.4 Å². The fourth-order valence-corrected chi connectivity index (χ4v) is 1.68. The van der Waals surface area contributed by atoms with E-state index in [9.17, 15) is 4.79 Å². The number of hydrogen-bond donors (Lipinski definition) is 2. The van der Waals surface area contributed by atoms with Crippen molar-refractivity contribution < 1.29 is 9.90 Å². The van der Waals surface area contributed by atoms with E-state index < -0.39 is 5.97 Å². The molecule has 0 fully saturated rings. The normalized spacial score (nSPS) is 10.5. The third kappa shape index (κ3) is 1.99. The molecule has 90 valence electrons. The smallest absolute Gasteiger partial charge is 0.341 e. The van der Waals surface area contributed by atoms with E-state index in [0.29, 0.717) is 11.5 Å². The van der Waals surface area contributed by atoms with E-state index in [1.807, 2.05) is 0 Å². The number of nitrogens with one attached hydrogen (secondary N) is 1. The van der Waals surface area contributed by atoms with E-state index in [2.05, 4.69) is 15.5 Å². The van der Waals surface area contributed by atoms with Crippen LogP contribution in [-0.4, -0.2) is 30.6 Å². The fourth-order valence-electron chi connectivity index (χ4n) is 1.68. The summed E-state index contributed by atoms with van der Waals surface area (Å²) in [5, 5.41) is 20.2. The largest absolute Gasteiger partial charge is 0.477 e. The van der Waals surface area contributed by atoms with Gasteiger partial charge in [0.2, 0.25) is 0 Å². The Hall–Kier alpha value is -2.31. The molecular weight excluding hydrogens is 222 g/mol. The number of carbonyl (C=O) groups is 1. The van der Waals surface area contributed by atoms with E-state index in [1.165, 1.54) is 4.68 Å². The Morgan fingerprint density at radius 3 is 2.71 bits per heavy atom. The van der Waals surface area contributed by atoms with Gasteiger partial charge in [-0.3, -0.25) is 9.36 Å². The van der Waals surface area contributed by atoms with Crippen molar-refractivity contribution in [1.82, 2.24) is 19.6 Å². The van der Waals surface area contributed by atoms with Crippen LogP contribution >= 0.6 is 0 Å². The Kier molecular flexibility index (Phi) is 2.58. The van der Waals surface area contributed by atoms with Crippen molar-refractivity contribution in [2.45, 2.75) is 6.92 Å². The minimum Gasteiger partial charge on any atom is -0.477 e. The molecular formula is C10H13N5O2. The number of anilines is 2. The van der Waals surface area contributed by atoms with Gasteiger partial charge in [-0.2, -0.15) is 10.2 Å². The molecule has 0 saturated heterocycles. The van der Waals surface area contributed by atoms with Crippen LogP contribution in [0.15, 0.2) is 12.4 Å². The predicted octanol–water partition coefficient (Wildman–Crippen LogP) is 0.904. The maximum Gasteiger partial charge on any atom is 0.341 e. The summed E-state index contributed by atoms with van der Waals surface area (Å²) in [6.45, 7) is 1.66. The zero-order chi connectivity index (χ0) is 12.6. The Morgan fingerprint density at radius 1 is 1.47 bits per heavy atom. The van der Waals surface area contributed by atoms with E-state index >= 15 is 0 Å². The first-order chi connectivity index (χ1) is 7.99. The first kappa shape index (κ1) is 11.2. The molecule has 2 N–H and O–H groups in total. The van der Waals surface area contributed by atoms with Gasteiger partial charge in [0, 0.05) is 20.3 Å². The first-order valence-electron chi connectivity index (χ1n) is 5.01. The molecule has 0 aliphatic carbocycles. The molecule has 0 aliphatic heterocycles. The van der Waals surface area contributed by atoms with E-state index in [1.54, 1.807) is 38.1 Å². The minimum atomic E-state index is -0.998. The van der Waals surface area contributed by atoms with Gasteiger partial charge >= 0.3 is 5.97 Å². The minimum absolute atomic E-state index is 0.177. The van der Waals surface area contributed by atoms with Crippen LogP contribution in [0.5, 0.6) is 0 Å². The molecule has 0 unspecified atom stereocenters. The maximum absolute atomic E-state index is 11.1. The molecule has 0 saturated carbocycles. The van der Waals surface area contributed by atoms with Crippen LogP contribution in [0.4, 0.5) is 11.5 Å². The van der Waals surface area contributed by atoms with Crippen molar-refractivity contribution in [3.63, 3.8) is 0 Å². The van der Waals surface area contributed by atoms with Gasteiger partial charge in [0.05, 0.1) is 17.6 Å². The van der Waals surface area contributed by atoms with Gasteiger partial charge in [-0.25, -0.2) is 4.79 Å². The lowest BCUT2D eigenvalue weighted by Gasteiger charge is -2.04. The number of aromatic nitrogens is 4. The average molecular weight is 235 g/mol. The van der Waals surface area contributed by atoms with Crippen LogP contribution in [0.25, 0.3) is 0 Å². The monoisotopic (exact) mass is 235 g/mol. The second kappa shape index (κ2) is 3.93. The number of hydrogen-bond acceptors (Lipinski definition) is 4. The lowest BCUT2D eigenvalue weighted by molar-refractivity contribution is 0.0697. The van der Waals surface area contributed by atoms with Crippen molar-refractivity contribution in [3.05, 3.63) is 23.7 Å². The van der Waals surface area contributed by atoms with Gasteiger partial charge in [-0.05, 0) is 6.92 Å². The zero-order valence-electron chi connectivity index (χ0n) is 9.80. The summed E-state index contributed by atoms with van der Waals surface area (Å²) in [5.74, 6) is -0.551. The quantitative estimate of drug-likeness (QED) is 0.825. The van der Waals surface area contributed by atoms with Gasteiger partial charge in [-0.15, -0.1) is 0 Å². The molecule has 0 aromatic carbocycles. The van der Waals surface area contributed by atoms with Crippen molar-refractivity contribution in [1.29, 1.82) is 0 Å². The molecule has 0 radical (unpaired) electrons. The maximum atomic E-state index is 11.1. The van der Waals surface area contributed by atoms with Gasteiger partial charge in [0.15, 0.2) is 0 Å². The SMILES string of the molecule is Cc1nn(C)c(Nc2cnn(C)c2)c1C(=O)O. The van der Waals surface area contributed by atoms with Gasteiger partial charge in [-0.1, -0.05) is 0 Å². The summed E-state index contributed by atoms with van der Waals surface area (Å²) in [6.07, 6.45) is 3.38. The first-order valence-corrected chi connectivity index (χ1v) is 5.01.